The van der Waals surface area contributed by atoms with E-state index in [0.717, 1.165) is 11.3 Å². The minimum absolute atomic E-state index is 0.0327. The SMILES string of the molecule is Cc1ccc(C(=O)C(CC(C)C)N=C=S)cc1OC(C)C. The Balaban J connectivity index is 3.07. The molecule has 0 aliphatic rings. The number of ether oxygens (including phenoxy) is 1. The molecule has 0 aliphatic carbocycles. The van der Waals surface area contributed by atoms with Gasteiger partial charge >= 0.3 is 0 Å². The van der Waals surface area contributed by atoms with Gasteiger partial charge in [0.15, 0.2) is 5.78 Å². The van der Waals surface area contributed by atoms with Gasteiger partial charge in [0.1, 0.15) is 11.8 Å². The Morgan fingerprint density at radius 3 is 2.52 bits per heavy atom. The van der Waals surface area contributed by atoms with Gasteiger partial charge in [-0.3, -0.25) is 4.79 Å². The molecule has 0 saturated heterocycles. The van der Waals surface area contributed by atoms with Crippen LogP contribution in [0.15, 0.2) is 23.2 Å². The molecule has 0 amide bonds. The van der Waals surface area contributed by atoms with Crippen LogP contribution in [0.25, 0.3) is 0 Å². The number of ketones is 1. The van der Waals surface area contributed by atoms with Crippen LogP contribution in [0.1, 0.15) is 50.0 Å². The van der Waals surface area contributed by atoms with Gasteiger partial charge in [-0.05, 0) is 57.0 Å². The number of nitrogens with zero attached hydrogens (tertiary/aromatic N) is 1. The Kier molecular flexibility index (Phi) is 6.73. The third-order valence-electron chi connectivity index (χ3n) is 3.04. The van der Waals surface area contributed by atoms with Crippen molar-refractivity contribution in [3.05, 3.63) is 29.3 Å². The van der Waals surface area contributed by atoms with Crippen LogP contribution in [0, 0.1) is 12.8 Å². The summed E-state index contributed by atoms with van der Waals surface area (Å²) in [5.41, 5.74) is 1.62. The number of Topliss-reactive ketones (excluding diaryl/α,β-unsaturated/α-hetero) is 1. The fraction of sp³-hybridized carbons (Fsp3) is 0.529. The lowest BCUT2D eigenvalue weighted by Crippen LogP contribution is -2.21. The average molecular weight is 305 g/mol. The number of isothiocyanates is 1. The van der Waals surface area contributed by atoms with Gasteiger partial charge in [-0.1, -0.05) is 26.0 Å². The monoisotopic (exact) mass is 305 g/mol. The van der Waals surface area contributed by atoms with E-state index in [1.54, 1.807) is 6.07 Å². The first-order chi connectivity index (χ1) is 9.85. The van der Waals surface area contributed by atoms with E-state index >= 15 is 0 Å². The lowest BCUT2D eigenvalue weighted by atomic mass is 9.96. The molecule has 21 heavy (non-hydrogen) atoms. The zero-order valence-electron chi connectivity index (χ0n) is 13.3. The number of carbonyl (C=O) groups is 1. The number of aryl methyl sites for hydroxylation is 1. The van der Waals surface area contributed by atoms with E-state index in [0.29, 0.717) is 17.9 Å². The molecule has 1 atom stereocenters. The predicted octanol–water partition coefficient (Wildman–Crippen LogP) is 4.48. The Morgan fingerprint density at radius 2 is 2.00 bits per heavy atom. The summed E-state index contributed by atoms with van der Waals surface area (Å²) in [5.74, 6) is 1.07. The maximum absolute atomic E-state index is 12.6. The molecule has 0 N–H and O–H groups in total. The van der Waals surface area contributed by atoms with Gasteiger partial charge in [-0.15, -0.1) is 0 Å². The van der Waals surface area contributed by atoms with E-state index in [9.17, 15) is 4.79 Å². The van der Waals surface area contributed by atoms with E-state index in [1.807, 2.05) is 32.9 Å². The molecule has 1 aromatic carbocycles. The van der Waals surface area contributed by atoms with Gasteiger partial charge in [0, 0.05) is 5.56 Å². The number of carbonyl (C=O) groups excluding carboxylic acids is 1. The van der Waals surface area contributed by atoms with Crippen molar-refractivity contribution in [2.75, 3.05) is 0 Å². The van der Waals surface area contributed by atoms with Crippen LogP contribution in [0.3, 0.4) is 0 Å². The van der Waals surface area contributed by atoms with Gasteiger partial charge in [0.25, 0.3) is 0 Å². The van der Waals surface area contributed by atoms with Crippen LogP contribution < -0.4 is 4.74 Å². The van der Waals surface area contributed by atoms with E-state index in [1.165, 1.54) is 0 Å². The van der Waals surface area contributed by atoms with Crippen molar-refractivity contribution >= 4 is 23.2 Å². The van der Waals surface area contributed by atoms with Crippen molar-refractivity contribution in [2.45, 2.75) is 53.2 Å². The molecule has 0 aromatic heterocycles. The van der Waals surface area contributed by atoms with Crippen molar-refractivity contribution in [1.82, 2.24) is 0 Å². The summed E-state index contributed by atoms with van der Waals surface area (Å²) in [6.45, 7) is 10.0. The Hall–Kier alpha value is -1.51. The van der Waals surface area contributed by atoms with Gasteiger partial charge < -0.3 is 4.74 Å². The molecular formula is C17H23NO2S. The summed E-state index contributed by atoms with van der Waals surface area (Å²) in [5, 5.41) is 2.34. The first kappa shape index (κ1) is 17.5. The number of hydrogen-bond acceptors (Lipinski definition) is 4. The summed E-state index contributed by atoms with van der Waals surface area (Å²) >= 11 is 4.66. The zero-order chi connectivity index (χ0) is 16.0. The lowest BCUT2D eigenvalue weighted by Gasteiger charge is -2.16. The third-order valence-corrected chi connectivity index (χ3v) is 3.15. The van der Waals surface area contributed by atoms with Crippen LogP contribution >= 0.6 is 12.2 Å². The molecule has 0 bridgehead atoms. The van der Waals surface area contributed by atoms with Crippen molar-refractivity contribution < 1.29 is 9.53 Å². The molecular weight excluding hydrogens is 282 g/mol. The second-order valence-corrected chi connectivity index (χ2v) is 6.06. The highest BCUT2D eigenvalue weighted by Crippen LogP contribution is 2.23. The first-order valence-electron chi connectivity index (χ1n) is 7.23. The summed E-state index contributed by atoms with van der Waals surface area (Å²) in [6, 6.07) is 5.05. The second kappa shape index (κ2) is 8.06. The highest BCUT2D eigenvalue weighted by atomic mass is 32.1. The molecule has 1 rings (SSSR count). The number of hydrogen-bond donors (Lipinski definition) is 0. The molecule has 4 heteroatoms. The Bertz CT molecular complexity index is 546. The molecule has 3 nitrogen and oxygen atoms in total. The van der Waals surface area contributed by atoms with E-state index in [2.05, 4.69) is 36.2 Å². The minimum Gasteiger partial charge on any atom is -0.491 e. The van der Waals surface area contributed by atoms with E-state index in [-0.39, 0.29) is 11.9 Å². The molecule has 0 spiro atoms. The topological polar surface area (TPSA) is 38.7 Å². The normalized spacial score (nSPS) is 12.1. The minimum atomic E-state index is -0.461. The van der Waals surface area contributed by atoms with Crippen molar-refractivity contribution in [3.8, 4) is 5.75 Å². The first-order valence-corrected chi connectivity index (χ1v) is 7.64. The Labute approximate surface area is 132 Å². The smallest absolute Gasteiger partial charge is 0.188 e. The van der Waals surface area contributed by atoms with Crippen molar-refractivity contribution in [3.63, 3.8) is 0 Å². The fourth-order valence-corrected chi connectivity index (χ4v) is 2.18. The molecule has 114 valence electrons. The molecule has 0 aliphatic heterocycles. The Morgan fingerprint density at radius 1 is 1.33 bits per heavy atom. The van der Waals surface area contributed by atoms with Crippen LogP contribution in [0.5, 0.6) is 5.75 Å². The van der Waals surface area contributed by atoms with Gasteiger partial charge in [-0.2, -0.15) is 0 Å². The summed E-state index contributed by atoms with van der Waals surface area (Å²) < 4.78 is 5.74. The van der Waals surface area contributed by atoms with Crippen molar-refractivity contribution in [2.24, 2.45) is 10.9 Å². The summed E-state index contributed by atoms with van der Waals surface area (Å²) in [4.78, 5) is 16.6. The number of benzene rings is 1. The molecule has 0 heterocycles. The van der Waals surface area contributed by atoms with Crippen LogP contribution in [-0.4, -0.2) is 23.1 Å². The summed E-state index contributed by atoms with van der Waals surface area (Å²) in [7, 11) is 0. The molecule has 1 unspecified atom stereocenters. The van der Waals surface area contributed by atoms with Gasteiger partial charge in [0.2, 0.25) is 0 Å². The van der Waals surface area contributed by atoms with Crippen LogP contribution in [0.4, 0.5) is 0 Å². The van der Waals surface area contributed by atoms with E-state index < -0.39 is 6.04 Å². The fourth-order valence-electron chi connectivity index (χ4n) is 2.06. The van der Waals surface area contributed by atoms with Crippen LogP contribution in [0.2, 0.25) is 0 Å². The van der Waals surface area contributed by atoms with E-state index in [4.69, 9.17) is 4.74 Å². The van der Waals surface area contributed by atoms with Crippen molar-refractivity contribution in [1.29, 1.82) is 0 Å². The highest BCUT2D eigenvalue weighted by Gasteiger charge is 2.21. The quantitative estimate of drug-likeness (QED) is 0.423. The number of thiocarbonyl (C=S) groups is 1. The predicted molar refractivity (Wildman–Crippen MR) is 89.5 cm³/mol. The standard InChI is InChI=1S/C17H23NO2S/c1-11(2)8-15(18-10-21)17(19)14-7-6-13(5)16(9-14)20-12(3)4/h6-7,9,11-12,15H,8H2,1-5H3. The largest absolute Gasteiger partial charge is 0.491 e. The summed E-state index contributed by atoms with van der Waals surface area (Å²) in [6.07, 6.45) is 0.732. The molecule has 0 fully saturated rings. The highest BCUT2D eigenvalue weighted by molar-refractivity contribution is 7.78. The third kappa shape index (κ3) is 5.41. The maximum Gasteiger partial charge on any atom is 0.188 e. The second-order valence-electron chi connectivity index (χ2n) is 5.88. The van der Waals surface area contributed by atoms with Gasteiger partial charge in [-0.25, -0.2) is 4.99 Å². The lowest BCUT2D eigenvalue weighted by molar-refractivity contribution is 0.0952. The molecule has 0 saturated carbocycles. The average Bonchev–Trinajstić information content (AvgIpc) is 2.39. The van der Waals surface area contributed by atoms with Gasteiger partial charge in [0.05, 0.1) is 11.3 Å². The molecule has 0 radical (unpaired) electrons. The molecule has 1 aromatic rings. The zero-order valence-corrected chi connectivity index (χ0v) is 14.2. The van der Waals surface area contributed by atoms with Crippen LogP contribution in [-0.2, 0) is 0 Å². The number of aliphatic imine (C=N–C) groups is 1. The maximum atomic E-state index is 12.6. The number of rotatable bonds is 7.